The molecule has 0 radical (unpaired) electrons. The minimum Gasteiger partial charge on any atom is -0.414 e. The van der Waals surface area contributed by atoms with Crippen molar-refractivity contribution in [3.05, 3.63) is 0 Å². The lowest BCUT2D eigenvalue weighted by Crippen LogP contribution is -2.11. The maximum absolute atomic E-state index is 9.50. The molecule has 0 fully saturated rings. The van der Waals surface area contributed by atoms with Crippen molar-refractivity contribution >= 4 is 27.2 Å². The van der Waals surface area contributed by atoms with Crippen molar-refractivity contribution in [3.63, 3.8) is 0 Å². The largest absolute Gasteiger partial charge is 0.414 e. The van der Waals surface area contributed by atoms with Gasteiger partial charge in [0.15, 0.2) is 6.41 Å². The van der Waals surface area contributed by atoms with Crippen LogP contribution in [0.2, 0.25) is 0 Å². The van der Waals surface area contributed by atoms with E-state index in [1.165, 1.54) is 0 Å². The van der Waals surface area contributed by atoms with Gasteiger partial charge in [0.2, 0.25) is 0 Å². The summed E-state index contributed by atoms with van der Waals surface area (Å²) < 4.78 is 1.72. The minimum atomic E-state index is 0.873. The van der Waals surface area contributed by atoms with Crippen LogP contribution in [0.3, 0.4) is 0 Å². The molecule has 0 saturated heterocycles. The first-order chi connectivity index (χ1) is 2.27. The highest BCUT2D eigenvalue weighted by Crippen LogP contribution is 1.47. The zero-order chi connectivity index (χ0) is 4.28. The molecular formula is CH7NOSi2. The molecule has 0 atom stereocenters. The summed E-state index contributed by atoms with van der Waals surface area (Å²) in [5.41, 5.74) is 0. The Morgan fingerprint density at radius 1 is 1.60 bits per heavy atom. The summed E-state index contributed by atoms with van der Waals surface area (Å²) in [5, 5.41) is 0. The number of amides is 1. The Labute approximate surface area is 37.2 Å². The highest BCUT2D eigenvalue weighted by molar-refractivity contribution is 6.30. The van der Waals surface area contributed by atoms with E-state index >= 15 is 0 Å². The molecule has 0 spiro atoms. The zero-order valence-corrected chi connectivity index (χ0v) is 7.43. The Kier molecular flexibility index (Phi) is 2.12. The molecule has 0 bridgehead atoms. The first-order valence-electron chi connectivity index (χ1n) is 1.39. The normalized spacial score (nSPS) is 8.00. The van der Waals surface area contributed by atoms with Crippen LogP contribution in [0.15, 0.2) is 0 Å². The average Bonchev–Trinajstić information content (AvgIpc) is 1.38. The Morgan fingerprint density at radius 2 is 1.80 bits per heavy atom. The monoisotopic (exact) mass is 105 g/mol. The van der Waals surface area contributed by atoms with Gasteiger partial charge in [-0.05, 0) is 0 Å². The Balaban J connectivity index is 2.83. The topological polar surface area (TPSA) is 20.3 Å². The van der Waals surface area contributed by atoms with Crippen LogP contribution in [0.1, 0.15) is 0 Å². The second kappa shape index (κ2) is 2.16. The second-order valence-electron chi connectivity index (χ2n) is 1.07. The van der Waals surface area contributed by atoms with Crippen LogP contribution in [0.5, 0.6) is 0 Å². The minimum absolute atomic E-state index is 0.873. The van der Waals surface area contributed by atoms with E-state index in [1.54, 1.807) is 4.23 Å². The summed E-state index contributed by atoms with van der Waals surface area (Å²) in [6.45, 7) is 0. The number of nitrogens with zero attached hydrogens (tertiary/aromatic N) is 1. The van der Waals surface area contributed by atoms with Gasteiger partial charge in [0.25, 0.3) is 0 Å². The van der Waals surface area contributed by atoms with Gasteiger partial charge in [0.1, 0.15) is 0 Å². The Morgan fingerprint density at radius 3 is 1.80 bits per heavy atom. The van der Waals surface area contributed by atoms with Crippen molar-refractivity contribution in [2.24, 2.45) is 0 Å². The lowest BCUT2D eigenvalue weighted by molar-refractivity contribution is -0.111. The van der Waals surface area contributed by atoms with Gasteiger partial charge in [-0.15, -0.1) is 0 Å². The van der Waals surface area contributed by atoms with Gasteiger partial charge in [0.05, 0.1) is 20.8 Å². The van der Waals surface area contributed by atoms with E-state index in [9.17, 15) is 4.79 Å². The van der Waals surface area contributed by atoms with Crippen LogP contribution in [0, 0.1) is 0 Å². The molecule has 2 nitrogen and oxygen atoms in total. The van der Waals surface area contributed by atoms with Gasteiger partial charge < -0.3 is 4.23 Å². The van der Waals surface area contributed by atoms with E-state index in [0.29, 0.717) is 0 Å². The predicted molar refractivity (Wildman–Crippen MR) is 27.8 cm³/mol. The maximum atomic E-state index is 9.50. The summed E-state index contributed by atoms with van der Waals surface area (Å²) in [6.07, 6.45) is 0.873. The molecule has 0 aliphatic heterocycles. The predicted octanol–water partition coefficient (Wildman–Crippen LogP) is -2.99. The number of hydrogen-bond acceptors (Lipinski definition) is 1. The fourth-order valence-corrected chi connectivity index (χ4v) is 0. The summed E-state index contributed by atoms with van der Waals surface area (Å²) in [5.74, 6) is 0. The molecule has 5 heavy (non-hydrogen) atoms. The molecule has 0 rings (SSSR count). The fraction of sp³-hybridized carbons (Fsp3) is 0. The van der Waals surface area contributed by atoms with Crippen LogP contribution >= 0.6 is 0 Å². The zero-order valence-electron chi connectivity index (χ0n) is 3.43. The van der Waals surface area contributed by atoms with Crippen molar-refractivity contribution in [2.45, 2.75) is 0 Å². The first-order valence-corrected chi connectivity index (χ1v) is 3.18. The van der Waals surface area contributed by atoms with Crippen LogP contribution in [0.4, 0.5) is 0 Å². The van der Waals surface area contributed by atoms with Crippen LogP contribution in [-0.2, 0) is 4.79 Å². The van der Waals surface area contributed by atoms with E-state index in [0.717, 1.165) is 27.2 Å². The standard InChI is InChI=1S/CH7NOSi2/c3-1-2(4)5/h1H,4-5H3. The van der Waals surface area contributed by atoms with Gasteiger partial charge in [0, 0.05) is 0 Å². The second-order valence-corrected chi connectivity index (χ2v) is 5.68. The molecule has 0 aromatic heterocycles. The molecule has 0 heterocycles. The lowest BCUT2D eigenvalue weighted by Gasteiger charge is -1.94. The molecule has 0 aliphatic carbocycles. The molecule has 0 aromatic rings. The maximum Gasteiger partial charge on any atom is 0.192 e. The number of rotatable bonds is 1. The molecule has 4 heteroatoms. The first kappa shape index (κ1) is 4.90. The molecule has 1 amide bonds. The van der Waals surface area contributed by atoms with E-state index in [2.05, 4.69) is 0 Å². The molecular weight excluding hydrogens is 98.2 g/mol. The summed E-state index contributed by atoms with van der Waals surface area (Å²) in [6, 6.07) is 0. The average molecular weight is 105 g/mol. The molecule has 30 valence electrons. The van der Waals surface area contributed by atoms with Crippen molar-refractivity contribution in [2.75, 3.05) is 0 Å². The Hall–Kier alpha value is -0.0962. The lowest BCUT2D eigenvalue weighted by atomic mass is 11.5. The summed E-state index contributed by atoms with van der Waals surface area (Å²) >= 11 is 0. The van der Waals surface area contributed by atoms with Gasteiger partial charge >= 0.3 is 0 Å². The quantitative estimate of drug-likeness (QED) is 0.257. The smallest absolute Gasteiger partial charge is 0.192 e. The number of hydrogen-bond donors (Lipinski definition) is 0. The molecule has 0 N–H and O–H groups in total. The molecule has 0 aliphatic rings. The molecule has 0 saturated carbocycles. The molecule has 0 unspecified atom stereocenters. The van der Waals surface area contributed by atoms with E-state index < -0.39 is 0 Å². The van der Waals surface area contributed by atoms with Crippen LogP contribution < -0.4 is 0 Å². The van der Waals surface area contributed by atoms with E-state index in [1.807, 2.05) is 0 Å². The number of carbonyl (C=O) groups is 1. The third-order valence-electron chi connectivity index (χ3n) is 0.211. The summed E-state index contributed by atoms with van der Waals surface area (Å²) in [4.78, 5) is 9.50. The Bertz CT molecular complexity index is 36.6. The van der Waals surface area contributed by atoms with Gasteiger partial charge in [-0.2, -0.15) is 0 Å². The van der Waals surface area contributed by atoms with Gasteiger partial charge in [-0.1, -0.05) is 0 Å². The van der Waals surface area contributed by atoms with Crippen molar-refractivity contribution in [1.82, 2.24) is 4.23 Å². The molecule has 0 aromatic carbocycles. The summed E-state index contributed by atoms with van der Waals surface area (Å²) in [7, 11) is 1.79. The highest BCUT2D eigenvalue weighted by atomic mass is 28.2. The number of carbonyl (C=O) groups excluding carboxylic acids is 1. The van der Waals surface area contributed by atoms with Crippen molar-refractivity contribution in [1.29, 1.82) is 0 Å². The van der Waals surface area contributed by atoms with Gasteiger partial charge in [-0.25, -0.2) is 0 Å². The van der Waals surface area contributed by atoms with Crippen LogP contribution in [-0.4, -0.2) is 31.4 Å². The van der Waals surface area contributed by atoms with Crippen LogP contribution in [0.25, 0.3) is 0 Å². The highest BCUT2D eigenvalue weighted by Gasteiger charge is 1.67. The van der Waals surface area contributed by atoms with Gasteiger partial charge in [-0.3, -0.25) is 4.79 Å². The SMILES string of the molecule is O=CN([SiH3])[SiH3]. The van der Waals surface area contributed by atoms with E-state index in [-0.39, 0.29) is 0 Å². The fourth-order valence-electron chi connectivity index (χ4n) is 0. The van der Waals surface area contributed by atoms with Crippen molar-refractivity contribution in [3.8, 4) is 0 Å². The third-order valence-corrected chi connectivity index (χ3v) is 0.632. The van der Waals surface area contributed by atoms with E-state index in [4.69, 9.17) is 0 Å². The van der Waals surface area contributed by atoms with Crippen molar-refractivity contribution < 1.29 is 4.79 Å². The third kappa shape index (κ3) is 3.90.